The molecule has 3 aliphatic rings. The molecule has 2 saturated heterocycles. The number of anilines is 1. The van der Waals surface area contributed by atoms with E-state index in [0.717, 1.165) is 67.7 Å². The normalized spacial score (nSPS) is 27.5. The maximum Gasteiger partial charge on any atom is 0.225 e. The van der Waals surface area contributed by atoms with Crippen LogP contribution in [-0.2, 0) is 4.79 Å². The van der Waals surface area contributed by atoms with Crippen molar-refractivity contribution in [1.82, 2.24) is 14.9 Å². The predicted octanol–water partition coefficient (Wildman–Crippen LogP) is 3.10. The summed E-state index contributed by atoms with van der Waals surface area (Å²) in [5.41, 5.74) is 0. The number of aromatic nitrogens is 2. The first-order valence-electron chi connectivity index (χ1n) is 9.19. The van der Waals surface area contributed by atoms with E-state index in [9.17, 15) is 4.79 Å². The highest BCUT2D eigenvalue weighted by atomic mass is 79.9. The first kappa shape index (κ1) is 16.3. The molecule has 0 radical (unpaired) electrons. The number of hydrogen-bond donors (Lipinski definition) is 0. The molecule has 1 aliphatic carbocycles. The van der Waals surface area contributed by atoms with Gasteiger partial charge in [-0.2, -0.15) is 0 Å². The highest BCUT2D eigenvalue weighted by Crippen LogP contribution is 2.38. The summed E-state index contributed by atoms with van der Waals surface area (Å²) in [5.74, 6) is 3.30. The van der Waals surface area contributed by atoms with Gasteiger partial charge in [-0.1, -0.05) is 6.42 Å². The van der Waals surface area contributed by atoms with E-state index in [1.54, 1.807) is 12.4 Å². The van der Waals surface area contributed by atoms with Gasteiger partial charge in [-0.05, 0) is 59.4 Å². The first-order valence-corrected chi connectivity index (χ1v) is 9.98. The molecule has 2 unspecified atom stereocenters. The summed E-state index contributed by atoms with van der Waals surface area (Å²) in [6, 6.07) is 0. The van der Waals surface area contributed by atoms with E-state index in [1.165, 1.54) is 19.3 Å². The first-order chi connectivity index (χ1) is 11.7. The summed E-state index contributed by atoms with van der Waals surface area (Å²) >= 11 is 3.37. The number of rotatable bonds is 3. The minimum atomic E-state index is 0.391. The van der Waals surface area contributed by atoms with E-state index in [4.69, 9.17) is 0 Å². The van der Waals surface area contributed by atoms with E-state index in [2.05, 4.69) is 35.7 Å². The average molecular weight is 393 g/mol. The molecule has 4 rings (SSSR count). The van der Waals surface area contributed by atoms with Crippen LogP contribution >= 0.6 is 15.9 Å². The van der Waals surface area contributed by atoms with E-state index in [0.29, 0.717) is 11.8 Å². The zero-order valence-electron chi connectivity index (χ0n) is 14.0. The number of likely N-dealkylation sites (tertiary alicyclic amines) is 1. The zero-order valence-corrected chi connectivity index (χ0v) is 15.6. The van der Waals surface area contributed by atoms with Crippen molar-refractivity contribution < 1.29 is 4.79 Å². The maximum absolute atomic E-state index is 12.6. The van der Waals surface area contributed by atoms with Crippen molar-refractivity contribution >= 4 is 27.8 Å². The average Bonchev–Trinajstić information content (AvgIpc) is 3.18. The molecule has 6 heteroatoms. The number of piperidine rings is 1. The molecule has 3 heterocycles. The van der Waals surface area contributed by atoms with Crippen LogP contribution in [0.3, 0.4) is 0 Å². The largest absolute Gasteiger partial charge is 0.342 e. The van der Waals surface area contributed by atoms with Gasteiger partial charge in [0.25, 0.3) is 0 Å². The van der Waals surface area contributed by atoms with E-state index >= 15 is 0 Å². The third-order valence-electron chi connectivity index (χ3n) is 6.05. The van der Waals surface area contributed by atoms with Crippen LogP contribution in [0.1, 0.15) is 38.5 Å². The Kier molecular flexibility index (Phi) is 4.74. The Balaban J connectivity index is 1.26. The van der Waals surface area contributed by atoms with Gasteiger partial charge >= 0.3 is 0 Å². The van der Waals surface area contributed by atoms with Crippen LogP contribution in [0.4, 0.5) is 5.95 Å². The van der Waals surface area contributed by atoms with Gasteiger partial charge in [-0.25, -0.2) is 9.97 Å². The Hall–Kier alpha value is -1.17. The lowest BCUT2D eigenvalue weighted by Gasteiger charge is -2.32. The second-order valence-corrected chi connectivity index (χ2v) is 8.50. The van der Waals surface area contributed by atoms with Crippen molar-refractivity contribution in [2.75, 3.05) is 31.1 Å². The minimum Gasteiger partial charge on any atom is -0.342 e. The Bertz CT molecular complexity index is 573. The van der Waals surface area contributed by atoms with Gasteiger partial charge in [0.15, 0.2) is 0 Å². The molecule has 0 aromatic carbocycles. The van der Waals surface area contributed by atoms with E-state index in [-0.39, 0.29) is 0 Å². The summed E-state index contributed by atoms with van der Waals surface area (Å²) in [7, 11) is 0. The lowest BCUT2D eigenvalue weighted by atomic mass is 9.93. The molecule has 5 nitrogen and oxygen atoms in total. The van der Waals surface area contributed by atoms with Gasteiger partial charge in [0.05, 0.1) is 4.47 Å². The molecule has 1 saturated carbocycles. The van der Waals surface area contributed by atoms with Gasteiger partial charge in [-0.15, -0.1) is 0 Å². The van der Waals surface area contributed by atoms with E-state index < -0.39 is 0 Å². The molecular weight excluding hydrogens is 368 g/mol. The van der Waals surface area contributed by atoms with Gasteiger partial charge in [0.1, 0.15) is 0 Å². The second kappa shape index (κ2) is 6.98. The molecular formula is C18H25BrN4O. The summed E-state index contributed by atoms with van der Waals surface area (Å²) in [6.07, 6.45) is 10.5. The Morgan fingerprint density at radius 3 is 2.33 bits per heavy atom. The van der Waals surface area contributed by atoms with Crippen LogP contribution < -0.4 is 4.90 Å². The van der Waals surface area contributed by atoms with Crippen LogP contribution in [0, 0.1) is 17.8 Å². The quantitative estimate of drug-likeness (QED) is 0.792. The molecule has 0 bridgehead atoms. The predicted molar refractivity (Wildman–Crippen MR) is 96.7 cm³/mol. The Morgan fingerprint density at radius 1 is 1.08 bits per heavy atom. The fraction of sp³-hybridized carbons (Fsp3) is 0.722. The minimum absolute atomic E-state index is 0.391. The monoisotopic (exact) mass is 392 g/mol. The summed E-state index contributed by atoms with van der Waals surface area (Å²) < 4.78 is 0.905. The van der Waals surface area contributed by atoms with Crippen molar-refractivity contribution in [1.29, 1.82) is 0 Å². The lowest BCUT2D eigenvalue weighted by molar-refractivity contribution is -0.131. The molecule has 0 spiro atoms. The van der Waals surface area contributed by atoms with Crippen LogP contribution in [0.15, 0.2) is 16.9 Å². The topological polar surface area (TPSA) is 49.3 Å². The molecule has 2 aliphatic heterocycles. The highest BCUT2D eigenvalue weighted by Gasteiger charge is 2.38. The second-order valence-electron chi connectivity index (χ2n) is 7.59. The van der Waals surface area contributed by atoms with Gasteiger partial charge < -0.3 is 9.80 Å². The van der Waals surface area contributed by atoms with Crippen LogP contribution in [0.2, 0.25) is 0 Å². The molecule has 1 aromatic rings. The van der Waals surface area contributed by atoms with Crippen LogP contribution in [-0.4, -0.2) is 47.0 Å². The van der Waals surface area contributed by atoms with Crippen molar-refractivity contribution in [3.63, 3.8) is 0 Å². The molecule has 130 valence electrons. The van der Waals surface area contributed by atoms with Crippen molar-refractivity contribution in [3.05, 3.63) is 16.9 Å². The highest BCUT2D eigenvalue weighted by molar-refractivity contribution is 9.10. The SMILES string of the molecule is O=C(CC1CCN(c2ncc(Br)cn2)CC1)N1CC2CCCC2C1. The van der Waals surface area contributed by atoms with Gasteiger partial charge in [0.2, 0.25) is 11.9 Å². The number of amides is 1. The van der Waals surface area contributed by atoms with Crippen LogP contribution in [0.25, 0.3) is 0 Å². The maximum atomic E-state index is 12.6. The zero-order chi connectivity index (χ0) is 16.5. The summed E-state index contributed by atoms with van der Waals surface area (Å²) in [5, 5.41) is 0. The fourth-order valence-corrected chi connectivity index (χ4v) is 4.83. The standard InChI is InChI=1S/C18H25BrN4O/c19-16-9-20-18(21-10-16)22-6-4-13(5-7-22)8-17(24)23-11-14-2-1-3-15(14)12-23/h9-10,13-15H,1-8,11-12H2. The Morgan fingerprint density at radius 2 is 1.71 bits per heavy atom. The lowest BCUT2D eigenvalue weighted by Crippen LogP contribution is -2.37. The van der Waals surface area contributed by atoms with Gasteiger partial charge in [0, 0.05) is 45.0 Å². The number of fused-ring (bicyclic) bond motifs is 1. The molecule has 0 N–H and O–H groups in total. The van der Waals surface area contributed by atoms with Crippen molar-refractivity contribution in [2.24, 2.45) is 17.8 Å². The number of hydrogen-bond acceptors (Lipinski definition) is 4. The number of carbonyl (C=O) groups is 1. The van der Waals surface area contributed by atoms with Crippen molar-refractivity contribution in [2.45, 2.75) is 38.5 Å². The van der Waals surface area contributed by atoms with Crippen LogP contribution in [0.5, 0.6) is 0 Å². The molecule has 3 fully saturated rings. The molecule has 2 atom stereocenters. The third kappa shape index (κ3) is 3.44. The smallest absolute Gasteiger partial charge is 0.225 e. The van der Waals surface area contributed by atoms with E-state index in [1.807, 2.05) is 0 Å². The summed E-state index contributed by atoms with van der Waals surface area (Å²) in [4.78, 5) is 25.7. The van der Waals surface area contributed by atoms with Crippen molar-refractivity contribution in [3.8, 4) is 0 Å². The number of halogens is 1. The number of nitrogens with zero attached hydrogens (tertiary/aromatic N) is 4. The molecule has 1 amide bonds. The Labute approximate surface area is 152 Å². The molecule has 1 aromatic heterocycles. The fourth-order valence-electron chi connectivity index (χ4n) is 4.62. The summed E-state index contributed by atoms with van der Waals surface area (Å²) in [6.45, 7) is 3.94. The molecule has 24 heavy (non-hydrogen) atoms. The number of carbonyl (C=O) groups excluding carboxylic acids is 1. The van der Waals surface area contributed by atoms with Gasteiger partial charge in [-0.3, -0.25) is 4.79 Å². The third-order valence-corrected chi connectivity index (χ3v) is 6.46.